The second-order valence-corrected chi connectivity index (χ2v) is 9.12. The molecule has 6 heteroatoms. The van der Waals surface area contributed by atoms with Crippen LogP contribution in [0.4, 0.5) is 0 Å². The maximum absolute atomic E-state index is 12.4. The van der Waals surface area contributed by atoms with Gasteiger partial charge in [0.25, 0.3) is 0 Å². The second-order valence-electron chi connectivity index (χ2n) is 6.96. The zero-order valence-corrected chi connectivity index (χ0v) is 15.4. The number of ether oxygens (including phenoxy) is 2. The van der Waals surface area contributed by atoms with E-state index in [2.05, 4.69) is 0 Å². The number of rotatable bonds is 4. The van der Waals surface area contributed by atoms with Gasteiger partial charge in [0, 0.05) is 11.8 Å². The maximum Gasteiger partial charge on any atom is 0.156 e. The average molecular weight is 361 g/mol. The summed E-state index contributed by atoms with van der Waals surface area (Å²) in [5, 5.41) is -0.827. The SMILES string of the molecule is CC1(C)Oc2ccc(OCc3ccccc3)cc2C(S(C)(=O)=O)C1N. The molecule has 0 aliphatic carbocycles. The minimum absolute atomic E-state index is 0.404. The van der Waals surface area contributed by atoms with E-state index < -0.39 is 26.7 Å². The zero-order chi connectivity index (χ0) is 18.2. The van der Waals surface area contributed by atoms with Gasteiger partial charge in [-0.15, -0.1) is 0 Å². The molecule has 0 fully saturated rings. The Bertz CT molecular complexity index is 862. The highest BCUT2D eigenvalue weighted by Gasteiger charge is 2.46. The van der Waals surface area contributed by atoms with E-state index >= 15 is 0 Å². The molecule has 0 saturated heterocycles. The van der Waals surface area contributed by atoms with Crippen LogP contribution in [0.25, 0.3) is 0 Å². The summed E-state index contributed by atoms with van der Waals surface area (Å²) in [7, 11) is -3.40. The van der Waals surface area contributed by atoms with Gasteiger partial charge in [0.05, 0.1) is 6.04 Å². The van der Waals surface area contributed by atoms with E-state index in [1.807, 2.05) is 30.3 Å². The lowest BCUT2D eigenvalue weighted by Gasteiger charge is -2.42. The van der Waals surface area contributed by atoms with E-state index in [-0.39, 0.29) is 0 Å². The molecule has 5 nitrogen and oxygen atoms in total. The fourth-order valence-electron chi connectivity index (χ4n) is 3.08. The van der Waals surface area contributed by atoms with E-state index in [0.717, 1.165) is 5.56 Å². The van der Waals surface area contributed by atoms with Crippen LogP contribution in [-0.4, -0.2) is 26.3 Å². The average Bonchev–Trinajstić information content (AvgIpc) is 2.53. The van der Waals surface area contributed by atoms with Crippen molar-refractivity contribution < 1.29 is 17.9 Å². The van der Waals surface area contributed by atoms with Crippen LogP contribution < -0.4 is 15.2 Å². The van der Waals surface area contributed by atoms with Gasteiger partial charge in [-0.25, -0.2) is 8.42 Å². The standard InChI is InChI=1S/C19H23NO4S/c1-19(2)18(20)17(25(3,21)22)15-11-14(9-10-16(15)24-19)23-12-13-7-5-4-6-8-13/h4-11,17-18H,12,20H2,1-3H3. The molecular formula is C19H23NO4S. The van der Waals surface area contributed by atoms with Crippen LogP contribution in [0.5, 0.6) is 11.5 Å². The lowest BCUT2D eigenvalue weighted by molar-refractivity contribution is 0.0610. The Morgan fingerprint density at radius 1 is 1.16 bits per heavy atom. The van der Waals surface area contributed by atoms with Crippen molar-refractivity contribution in [1.82, 2.24) is 0 Å². The lowest BCUT2D eigenvalue weighted by atomic mass is 9.89. The minimum atomic E-state index is -3.40. The molecule has 0 saturated carbocycles. The van der Waals surface area contributed by atoms with Crippen molar-refractivity contribution in [3.8, 4) is 11.5 Å². The molecule has 0 amide bonds. The van der Waals surface area contributed by atoms with Crippen molar-refractivity contribution in [2.45, 2.75) is 37.3 Å². The first-order chi connectivity index (χ1) is 11.7. The van der Waals surface area contributed by atoms with Gasteiger partial charge in [-0.2, -0.15) is 0 Å². The molecule has 2 atom stereocenters. The number of sulfone groups is 1. The van der Waals surface area contributed by atoms with Gasteiger partial charge in [-0.05, 0) is 37.6 Å². The molecule has 25 heavy (non-hydrogen) atoms. The van der Waals surface area contributed by atoms with Crippen molar-refractivity contribution >= 4 is 9.84 Å². The third-order valence-corrected chi connectivity index (χ3v) is 5.97. The zero-order valence-electron chi connectivity index (χ0n) is 14.6. The summed E-state index contributed by atoms with van der Waals surface area (Å²) in [6, 6.07) is 14.4. The van der Waals surface area contributed by atoms with Gasteiger partial charge in [0.1, 0.15) is 29.0 Å². The molecule has 1 aliphatic heterocycles. The number of fused-ring (bicyclic) bond motifs is 1. The third-order valence-electron chi connectivity index (χ3n) is 4.50. The second kappa shape index (κ2) is 6.35. The van der Waals surface area contributed by atoms with E-state index in [1.54, 1.807) is 32.0 Å². The topological polar surface area (TPSA) is 78.6 Å². The van der Waals surface area contributed by atoms with Crippen LogP contribution >= 0.6 is 0 Å². The molecule has 3 rings (SSSR count). The summed E-state index contributed by atoms with van der Waals surface area (Å²) in [6.45, 7) is 4.01. The van der Waals surface area contributed by atoms with Crippen LogP contribution in [0, 0.1) is 0 Å². The van der Waals surface area contributed by atoms with Crippen molar-refractivity contribution in [2.75, 3.05) is 6.26 Å². The van der Waals surface area contributed by atoms with Gasteiger partial charge in [0.15, 0.2) is 9.84 Å². The predicted molar refractivity (Wildman–Crippen MR) is 97.5 cm³/mol. The van der Waals surface area contributed by atoms with Crippen LogP contribution in [0.3, 0.4) is 0 Å². The van der Waals surface area contributed by atoms with E-state index in [9.17, 15) is 8.42 Å². The van der Waals surface area contributed by atoms with Crippen LogP contribution in [0.15, 0.2) is 48.5 Å². The first-order valence-electron chi connectivity index (χ1n) is 8.12. The van der Waals surface area contributed by atoms with Crippen LogP contribution in [0.1, 0.15) is 30.2 Å². The largest absolute Gasteiger partial charge is 0.489 e. The van der Waals surface area contributed by atoms with Crippen LogP contribution in [0.2, 0.25) is 0 Å². The molecule has 0 spiro atoms. The highest BCUT2D eigenvalue weighted by atomic mass is 32.2. The molecule has 0 radical (unpaired) electrons. The highest BCUT2D eigenvalue weighted by Crippen LogP contribution is 2.44. The van der Waals surface area contributed by atoms with Crippen molar-refractivity contribution in [3.63, 3.8) is 0 Å². The van der Waals surface area contributed by atoms with E-state index in [0.29, 0.717) is 23.7 Å². The van der Waals surface area contributed by atoms with Crippen molar-refractivity contribution in [3.05, 3.63) is 59.7 Å². The maximum atomic E-state index is 12.4. The Labute approximate surface area is 148 Å². The molecule has 2 unspecified atom stereocenters. The van der Waals surface area contributed by atoms with Gasteiger partial charge in [-0.1, -0.05) is 30.3 Å². The monoisotopic (exact) mass is 361 g/mol. The fraction of sp³-hybridized carbons (Fsp3) is 0.368. The molecule has 0 aromatic heterocycles. The summed E-state index contributed by atoms with van der Waals surface area (Å²) >= 11 is 0. The number of hydrogen-bond donors (Lipinski definition) is 1. The van der Waals surface area contributed by atoms with Gasteiger partial charge in [-0.3, -0.25) is 0 Å². The van der Waals surface area contributed by atoms with Gasteiger partial charge in [0.2, 0.25) is 0 Å². The fourth-order valence-corrected chi connectivity index (χ4v) is 4.58. The molecule has 1 heterocycles. The summed E-state index contributed by atoms with van der Waals surface area (Å²) < 4.78 is 36.5. The Morgan fingerprint density at radius 2 is 1.84 bits per heavy atom. The smallest absolute Gasteiger partial charge is 0.156 e. The quantitative estimate of drug-likeness (QED) is 0.906. The lowest BCUT2D eigenvalue weighted by Crippen LogP contribution is -2.55. The number of nitrogens with two attached hydrogens (primary N) is 1. The summed E-state index contributed by atoms with van der Waals surface area (Å²) in [4.78, 5) is 0. The third kappa shape index (κ3) is 3.65. The predicted octanol–water partition coefficient (Wildman–Crippen LogP) is 2.85. The van der Waals surface area contributed by atoms with Gasteiger partial charge >= 0.3 is 0 Å². The summed E-state index contributed by atoms with van der Waals surface area (Å²) in [5.74, 6) is 1.13. The van der Waals surface area contributed by atoms with E-state index in [4.69, 9.17) is 15.2 Å². The molecular weight excluding hydrogens is 338 g/mol. The minimum Gasteiger partial charge on any atom is -0.489 e. The van der Waals surface area contributed by atoms with Gasteiger partial charge < -0.3 is 15.2 Å². The normalized spacial score (nSPS) is 21.9. The molecule has 2 N–H and O–H groups in total. The molecule has 134 valence electrons. The number of hydrogen-bond acceptors (Lipinski definition) is 5. The highest BCUT2D eigenvalue weighted by molar-refractivity contribution is 7.91. The molecule has 2 aromatic rings. The Hall–Kier alpha value is -2.05. The van der Waals surface area contributed by atoms with Crippen LogP contribution in [-0.2, 0) is 16.4 Å². The summed E-state index contributed by atoms with van der Waals surface area (Å²) in [6.07, 6.45) is 1.21. The van der Waals surface area contributed by atoms with Crippen molar-refractivity contribution in [2.24, 2.45) is 5.73 Å². The van der Waals surface area contributed by atoms with E-state index in [1.165, 1.54) is 6.26 Å². The molecule has 2 aromatic carbocycles. The molecule has 0 bridgehead atoms. The Balaban J connectivity index is 1.93. The summed E-state index contributed by atoms with van der Waals surface area (Å²) in [5.41, 5.74) is 7.05. The first kappa shape index (κ1) is 17.8. The number of benzene rings is 2. The first-order valence-corrected chi connectivity index (χ1v) is 10.1. The van der Waals surface area contributed by atoms with Crippen molar-refractivity contribution in [1.29, 1.82) is 0 Å². The Kier molecular flexibility index (Phi) is 4.51. The molecule has 1 aliphatic rings. The Morgan fingerprint density at radius 3 is 2.48 bits per heavy atom.